The van der Waals surface area contributed by atoms with Crippen LogP contribution < -0.4 is 0 Å². The summed E-state index contributed by atoms with van der Waals surface area (Å²) in [7, 11) is 0. The van der Waals surface area contributed by atoms with E-state index in [0.29, 0.717) is 5.92 Å². The first-order valence-electron chi connectivity index (χ1n) is 6.56. The average Bonchev–Trinajstić information content (AvgIpc) is 2.23. The molecule has 0 saturated heterocycles. The number of rotatable bonds is 9. The van der Waals surface area contributed by atoms with E-state index in [4.69, 9.17) is 0 Å². The molecule has 0 radical (unpaired) electrons. The van der Waals surface area contributed by atoms with Crippen LogP contribution in [0.3, 0.4) is 0 Å². The maximum absolute atomic E-state index is 3.83. The molecule has 0 aliphatic rings. The largest absolute Gasteiger partial charge is 0.103 e. The maximum Gasteiger partial charge on any atom is -0.0197 e. The summed E-state index contributed by atoms with van der Waals surface area (Å²) in [6.45, 7) is 10.6. The molecule has 0 aromatic heterocycles. The fraction of sp³-hybridized carbons (Fsp3) is 0.733. The molecule has 0 amide bonds. The fourth-order valence-electron chi connectivity index (χ4n) is 1.97. The van der Waals surface area contributed by atoms with Gasteiger partial charge in [0.1, 0.15) is 0 Å². The van der Waals surface area contributed by atoms with Crippen molar-refractivity contribution in [1.29, 1.82) is 0 Å². The van der Waals surface area contributed by atoms with Gasteiger partial charge in [0.2, 0.25) is 0 Å². The zero-order valence-electron chi connectivity index (χ0n) is 10.9. The van der Waals surface area contributed by atoms with Gasteiger partial charge in [0, 0.05) is 0 Å². The molecular formula is C15H28. The van der Waals surface area contributed by atoms with E-state index in [0.717, 1.165) is 6.42 Å². The van der Waals surface area contributed by atoms with Gasteiger partial charge in [-0.15, -0.1) is 6.58 Å². The molecule has 0 aliphatic heterocycles. The standard InChI is InChI=1S/C15H28/c1-5-8-9-10-13-15(12-7-3)14(4)11-6-2/h6,12,14H,2,5,7-11,13H2,1,3-4H3. The monoisotopic (exact) mass is 208 g/mol. The zero-order valence-corrected chi connectivity index (χ0v) is 10.9. The summed E-state index contributed by atoms with van der Waals surface area (Å²) in [6.07, 6.45) is 13.5. The summed E-state index contributed by atoms with van der Waals surface area (Å²) in [5.74, 6) is 0.698. The van der Waals surface area contributed by atoms with Crippen molar-refractivity contribution >= 4 is 0 Å². The molecule has 1 atom stereocenters. The summed E-state index contributed by atoms with van der Waals surface area (Å²) in [5.41, 5.74) is 1.65. The van der Waals surface area contributed by atoms with E-state index in [1.165, 1.54) is 38.5 Å². The second-order valence-corrected chi connectivity index (χ2v) is 4.42. The van der Waals surface area contributed by atoms with E-state index < -0.39 is 0 Å². The minimum absolute atomic E-state index is 0.698. The predicted octanol–water partition coefficient (Wildman–Crippen LogP) is 5.51. The van der Waals surface area contributed by atoms with Gasteiger partial charge >= 0.3 is 0 Å². The molecule has 0 rings (SSSR count). The summed E-state index contributed by atoms with van der Waals surface area (Å²) < 4.78 is 0. The van der Waals surface area contributed by atoms with Crippen LogP contribution in [0.25, 0.3) is 0 Å². The topological polar surface area (TPSA) is 0 Å². The molecule has 0 saturated carbocycles. The Labute approximate surface area is 96.5 Å². The van der Waals surface area contributed by atoms with E-state index in [-0.39, 0.29) is 0 Å². The molecule has 0 N–H and O–H groups in total. The van der Waals surface area contributed by atoms with Gasteiger partial charge in [-0.1, -0.05) is 57.8 Å². The van der Waals surface area contributed by atoms with Gasteiger partial charge < -0.3 is 0 Å². The van der Waals surface area contributed by atoms with Gasteiger partial charge in [0.25, 0.3) is 0 Å². The average molecular weight is 208 g/mol. The molecule has 0 aromatic carbocycles. The van der Waals surface area contributed by atoms with Gasteiger partial charge in [0.05, 0.1) is 0 Å². The van der Waals surface area contributed by atoms with Crippen molar-refractivity contribution in [3.63, 3.8) is 0 Å². The Balaban J connectivity index is 3.93. The second kappa shape index (κ2) is 10.0. The molecule has 0 nitrogen and oxygen atoms in total. The second-order valence-electron chi connectivity index (χ2n) is 4.42. The molecule has 0 aliphatic carbocycles. The zero-order chi connectivity index (χ0) is 11.5. The first kappa shape index (κ1) is 14.5. The van der Waals surface area contributed by atoms with Crippen LogP contribution >= 0.6 is 0 Å². The fourth-order valence-corrected chi connectivity index (χ4v) is 1.97. The molecule has 0 aromatic rings. The van der Waals surface area contributed by atoms with Crippen LogP contribution in [0.15, 0.2) is 24.3 Å². The summed E-state index contributed by atoms with van der Waals surface area (Å²) in [6, 6.07) is 0. The lowest BCUT2D eigenvalue weighted by Crippen LogP contribution is -1.98. The molecule has 0 heterocycles. The Hall–Kier alpha value is -0.520. The van der Waals surface area contributed by atoms with Crippen LogP contribution in [-0.2, 0) is 0 Å². The van der Waals surface area contributed by atoms with Crippen molar-refractivity contribution in [2.24, 2.45) is 5.92 Å². The minimum Gasteiger partial charge on any atom is -0.103 e. The van der Waals surface area contributed by atoms with Crippen molar-refractivity contribution in [2.75, 3.05) is 0 Å². The summed E-state index contributed by atoms with van der Waals surface area (Å²) in [4.78, 5) is 0. The smallest absolute Gasteiger partial charge is 0.0197 e. The third-order valence-electron chi connectivity index (χ3n) is 2.94. The lowest BCUT2D eigenvalue weighted by molar-refractivity contribution is 0.600. The van der Waals surface area contributed by atoms with Crippen molar-refractivity contribution in [3.8, 4) is 0 Å². The predicted molar refractivity (Wildman–Crippen MR) is 71.1 cm³/mol. The molecule has 0 bridgehead atoms. The van der Waals surface area contributed by atoms with Crippen LogP contribution in [0.1, 0.15) is 65.7 Å². The summed E-state index contributed by atoms with van der Waals surface area (Å²) >= 11 is 0. The van der Waals surface area contributed by atoms with Crippen LogP contribution in [0.4, 0.5) is 0 Å². The van der Waals surface area contributed by atoms with Crippen molar-refractivity contribution in [1.82, 2.24) is 0 Å². The number of hydrogen-bond donors (Lipinski definition) is 0. The van der Waals surface area contributed by atoms with Gasteiger partial charge in [-0.05, 0) is 31.6 Å². The van der Waals surface area contributed by atoms with Crippen LogP contribution in [0, 0.1) is 5.92 Å². The third kappa shape index (κ3) is 7.41. The van der Waals surface area contributed by atoms with Gasteiger partial charge in [-0.2, -0.15) is 0 Å². The molecule has 0 spiro atoms. The first-order valence-corrected chi connectivity index (χ1v) is 6.56. The Morgan fingerprint density at radius 2 is 1.93 bits per heavy atom. The molecule has 1 unspecified atom stereocenters. The molecule has 0 fully saturated rings. The highest BCUT2D eigenvalue weighted by atomic mass is 14.1. The molecule has 0 heteroatoms. The Morgan fingerprint density at radius 1 is 1.20 bits per heavy atom. The lowest BCUT2D eigenvalue weighted by Gasteiger charge is -2.14. The van der Waals surface area contributed by atoms with Crippen LogP contribution in [0.2, 0.25) is 0 Å². The van der Waals surface area contributed by atoms with Crippen LogP contribution in [-0.4, -0.2) is 0 Å². The minimum atomic E-state index is 0.698. The quantitative estimate of drug-likeness (QED) is 0.346. The van der Waals surface area contributed by atoms with Crippen LogP contribution in [0.5, 0.6) is 0 Å². The van der Waals surface area contributed by atoms with Gasteiger partial charge in [-0.3, -0.25) is 0 Å². The van der Waals surface area contributed by atoms with Crippen molar-refractivity contribution < 1.29 is 0 Å². The first-order chi connectivity index (χ1) is 7.26. The lowest BCUT2D eigenvalue weighted by atomic mass is 9.92. The van der Waals surface area contributed by atoms with Gasteiger partial charge in [0.15, 0.2) is 0 Å². The highest BCUT2D eigenvalue weighted by Gasteiger charge is 2.05. The maximum atomic E-state index is 3.83. The molecular weight excluding hydrogens is 180 g/mol. The summed E-state index contributed by atoms with van der Waals surface area (Å²) in [5, 5.41) is 0. The highest BCUT2D eigenvalue weighted by Crippen LogP contribution is 2.22. The van der Waals surface area contributed by atoms with E-state index in [2.05, 4.69) is 33.4 Å². The molecule has 88 valence electrons. The Morgan fingerprint density at radius 3 is 2.47 bits per heavy atom. The van der Waals surface area contributed by atoms with E-state index in [9.17, 15) is 0 Å². The normalized spacial score (nSPS) is 13.9. The molecule has 15 heavy (non-hydrogen) atoms. The number of allylic oxidation sites excluding steroid dienone is 3. The van der Waals surface area contributed by atoms with Crippen molar-refractivity contribution in [2.45, 2.75) is 65.7 Å². The van der Waals surface area contributed by atoms with E-state index in [1.807, 2.05) is 6.08 Å². The van der Waals surface area contributed by atoms with E-state index in [1.54, 1.807) is 5.57 Å². The van der Waals surface area contributed by atoms with E-state index >= 15 is 0 Å². The Bertz CT molecular complexity index is 176. The SMILES string of the molecule is C=CCC(C)C(=CCC)CCCCCC. The number of unbranched alkanes of at least 4 members (excludes halogenated alkanes) is 3. The highest BCUT2D eigenvalue weighted by molar-refractivity contribution is 5.06. The van der Waals surface area contributed by atoms with Gasteiger partial charge in [-0.25, -0.2) is 0 Å². The Kier molecular flexibility index (Phi) is 9.67. The third-order valence-corrected chi connectivity index (χ3v) is 2.94. The van der Waals surface area contributed by atoms with Crippen molar-refractivity contribution in [3.05, 3.63) is 24.3 Å². The number of hydrogen-bond acceptors (Lipinski definition) is 0.